The maximum Gasteiger partial charge on any atom is 0.263 e. The van der Waals surface area contributed by atoms with E-state index in [1.807, 2.05) is 19.1 Å². The first-order chi connectivity index (χ1) is 12.0. The van der Waals surface area contributed by atoms with E-state index in [0.717, 1.165) is 11.1 Å². The van der Waals surface area contributed by atoms with Gasteiger partial charge in [-0.3, -0.25) is 14.6 Å². The lowest BCUT2D eigenvalue weighted by atomic mass is 10.1. The van der Waals surface area contributed by atoms with Crippen LogP contribution in [-0.2, 0) is 16.1 Å². The molecule has 2 aliphatic heterocycles. The summed E-state index contributed by atoms with van der Waals surface area (Å²) in [6, 6.07) is 11.5. The number of halogens is 1. The van der Waals surface area contributed by atoms with Crippen LogP contribution >= 0.6 is 0 Å². The zero-order chi connectivity index (χ0) is 17.6. The van der Waals surface area contributed by atoms with Gasteiger partial charge in [0, 0.05) is 0 Å². The van der Waals surface area contributed by atoms with Gasteiger partial charge in [-0.2, -0.15) is 5.11 Å². The quantitative estimate of drug-likeness (QED) is 0.808. The summed E-state index contributed by atoms with van der Waals surface area (Å²) in [6.45, 7) is 2.22. The summed E-state index contributed by atoms with van der Waals surface area (Å²) < 4.78 is 13.0. The molecule has 2 atom stereocenters. The van der Waals surface area contributed by atoms with Gasteiger partial charge >= 0.3 is 0 Å². The van der Waals surface area contributed by atoms with E-state index in [-0.39, 0.29) is 24.2 Å². The number of hydrogen-bond acceptors (Lipinski definition) is 5. The van der Waals surface area contributed by atoms with Crippen molar-refractivity contribution in [3.05, 3.63) is 65.5 Å². The molecule has 2 aromatic rings. The Morgan fingerprint density at radius 1 is 1.00 bits per heavy atom. The third-order valence-corrected chi connectivity index (χ3v) is 4.41. The van der Waals surface area contributed by atoms with Crippen molar-refractivity contribution in [3.8, 4) is 0 Å². The van der Waals surface area contributed by atoms with Crippen molar-refractivity contribution in [3.63, 3.8) is 0 Å². The second kappa shape index (κ2) is 5.77. The molecular formula is C18H15FN4O2. The van der Waals surface area contributed by atoms with E-state index in [1.54, 1.807) is 24.3 Å². The van der Waals surface area contributed by atoms with Crippen molar-refractivity contribution in [1.82, 2.24) is 5.01 Å². The van der Waals surface area contributed by atoms with Crippen LogP contribution in [0.1, 0.15) is 11.1 Å². The monoisotopic (exact) mass is 338 g/mol. The van der Waals surface area contributed by atoms with Crippen molar-refractivity contribution < 1.29 is 14.0 Å². The summed E-state index contributed by atoms with van der Waals surface area (Å²) in [6.07, 6.45) is 0. The average Bonchev–Trinajstić information content (AvgIpc) is 3.12. The standard InChI is InChI=1S/C18H15FN4O2/c1-11-2-8-14(9-3-11)23-17(24)15-16(18(23)25)22(21-20-15)10-12-4-6-13(19)7-5-12/h2-9,15-16H,10H2,1H3/t15-,16-/m0/s1. The van der Waals surface area contributed by atoms with E-state index in [9.17, 15) is 14.0 Å². The lowest BCUT2D eigenvalue weighted by Gasteiger charge is -2.20. The fourth-order valence-corrected chi connectivity index (χ4v) is 3.08. The molecule has 7 heteroatoms. The lowest BCUT2D eigenvalue weighted by molar-refractivity contribution is -0.123. The molecule has 25 heavy (non-hydrogen) atoms. The Morgan fingerprint density at radius 3 is 2.36 bits per heavy atom. The van der Waals surface area contributed by atoms with Crippen LogP contribution in [0.25, 0.3) is 0 Å². The largest absolute Gasteiger partial charge is 0.271 e. The van der Waals surface area contributed by atoms with Crippen LogP contribution in [0.5, 0.6) is 0 Å². The fourth-order valence-electron chi connectivity index (χ4n) is 3.08. The number of rotatable bonds is 3. The molecule has 0 saturated carbocycles. The predicted molar refractivity (Wildman–Crippen MR) is 88.0 cm³/mol. The van der Waals surface area contributed by atoms with Crippen molar-refractivity contribution in [2.24, 2.45) is 10.3 Å². The highest BCUT2D eigenvalue weighted by molar-refractivity contribution is 6.25. The minimum atomic E-state index is -0.825. The third kappa shape index (κ3) is 2.57. The highest BCUT2D eigenvalue weighted by atomic mass is 19.1. The normalized spacial score (nSPS) is 22.0. The molecule has 1 saturated heterocycles. The van der Waals surface area contributed by atoms with Crippen LogP contribution in [0.15, 0.2) is 58.9 Å². The number of fused-ring (bicyclic) bond motifs is 1. The van der Waals surface area contributed by atoms with Gasteiger partial charge in [0.2, 0.25) is 0 Å². The number of anilines is 1. The number of aryl methyl sites for hydroxylation is 1. The number of imide groups is 1. The molecule has 0 aromatic heterocycles. The van der Waals surface area contributed by atoms with Crippen molar-refractivity contribution in [2.75, 3.05) is 4.90 Å². The molecule has 0 unspecified atom stereocenters. The number of carbonyl (C=O) groups excluding carboxylic acids is 2. The van der Waals surface area contributed by atoms with Crippen LogP contribution in [0.3, 0.4) is 0 Å². The van der Waals surface area contributed by atoms with Gasteiger partial charge in [-0.05, 0) is 36.8 Å². The third-order valence-electron chi connectivity index (χ3n) is 4.41. The molecule has 2 aromatic carbocycles. The zero-order valence-electron chi connectivity index (χ0n) is 13.5. The molecule has 2 amide bonds. The van der Waals surface area contributed by atoms with Crippen LogP contribution in [0.4, 0.5) is 10.1 Å². The lowest BCUT2D eigenvalue weighted by Crippen LogP contribution is -2.39. The van der Waals surface area contributed by atoms with Crippen molar-refractivity contribution >= 4 is 17.5 Å². The summed E-state index contributed by atoms with van der Waals surface area (Å²) in [5.41, 5.74) is 2.36. The topological polar surface area (TPSA) is 65.3 Å². The van der Waals surface area contributed by atoms with Gasteiger partial charge in [0.25, 0.3) is 11.8 Å². The van der Waals surface area contributed by atoms with Crippen LogP contribution in [0.2, 0.25) is 0 Å². The first-order valence-electron chi connectivity index (χ1n) is 7.91. The van der Waals surface area contributed by atoms with Gasteiger partial charge in [0.15, 0.2) is 12.1 Å². The van der Waals surface area contributed by atoms with E-state index in [4.69, 9.17) is 0 Å². The Bertz CT molecular complexity index is 864. The smallest absolute Gasteiger partial charge is 0.263 e. The Balaban J connectivity index is 1.59. The summed E-state index contributed by atoms with van der Waals surface area (Å²) in [5, 5.41) is 9.45. The van der Waals surface area contributed by atoms with Gasteiger partial charge < -0.3 is 0 Å². The van der Waals surface area contributed by atoms with Crippen LogP contribution in [0, 0.1) is 12.7 Å². The Hall–Kier alpha value is -3.09. The molecule has 0 aliphatic carbocycles. The summed E-state index contributed by atoms with van der Waals surface area (Å²) in [5.74, 6) is -1.04. The second-order valence-electron chi connectivity index (χ2n) is 6.17. The molecule has 2 aliphatic rings. The Morgan fingerprint density at radius 2 is 1.68 bits per heavy atom. The van der Waals surface area contributed by atoms with Crippen LogP contribution < -0.4 is 4.90 Å². The molecule has 0 bridgehead atoms. The first-order valence-corrected chi connectivity index (χ1v) is 7.91. The molecule has 0 radical (unpaired) electrons. The Labute approximate surface area is 143 Å². The average molecular weight is 338 g/mol. The van der Waals surface area contributed by atoms with E-state index in [0.29, 0.717) is 5.69 Å². The number of carbonyl (C=O) groups is 2. The summed E-state index contributed by atoms with van der Waals surface area (Å²) in [4.78, 5) is 26.6. The van der Waals surface area contributed by atoms with Crippen molar-refractivity contribution in [2.45, 2.75) is 25.6 Å². The molecule has 6 nitrogen and oxygen atoms in total. The number of amides is 2. The van der Waals surface area contributed by atoms with Crippen molar-refractivity contribution in [1.29, 1.82) is 0 Å². The molecule has 2 heterocycles. The predicted octanol–water partition coefficient (Wildman–Crippen LogP) is 2.63. The maximum absolute atomic E-state index is 13.0. The van der Waals surface area contributed by atoms with Gasteiger partial charge in [-0.1, -0.05) is 35.1 Å². The SMILES string of the molecule is Cc1ccc(N2C(=O)[C@H]3N=NN(Cc4ccc(F)cc4)[C@@H]3C2=O)cc1. The molecular weight excluding hydrogens is 323 g/mol. The fraction of sp³-hybridized carbons (Fsp3) is 0.222. The maximum atomic E-state index is 13.0. The van der Waals surface area contributed by atoms with E-state index in [1.165, 1.54) is 22.0 Å². The second-order valence-corrected chi connectivity index (χ2v) is 6.17. The Kier molecular flexibility index (Phi) is 3.56. The molecule has 126 valence electrons. The molecule has 0 spiro atoms. The molecule has 1 fully saturated rings. The minimum Gasteiger partial charge on any atom is -0.271 e. The number of hydrogen-bond donors (Lipinski definition) is 0. The summed E-state index contributed by atoms with van der Waals surface area (Å²) >= 11 is 0. The van der Waals surface area contributed by atoms with Gasteiger partial charge in [0.05, 0.1) is 12.2 Å². The molecule has 4 rings (SSSR count). The zero-order valence-corrected chi connectivity index (χ0v) is 13.5. The van der Waals surface area contributed by atoms with Gasteiger partial charge in [-0.15, -0.1) is 0 Å². The van der Waals surface area contributed by atoms with E-state index in [2.05, 4.69) is 10.3 Å². The number of nitrogens with zero attached hydrogens (tertiary/aromatic N) is 4. The van der Waals surface area contributed by atoms with Gasteiger partial charge in [-0.25, -0.2) is 9.29 Å². The van der Waals surface area contributed by atoms with Crippen LogP contribution in [-0.4, -0.2) is 28.9 Å². The van der Waals surface area contributed by atoms with Gasteiger partial charge in [0.1, 0.15) is 5.82 Å². The highest BCUT2D eigenvalue weighted by Gasteiger charge is 2.54. The molecule has 0 N–H and O–H groups in total. The number of benzene rings is 2. The first kappa shape index (κ1) is 15.4. The highest BCUT2D eigenvalue weighted by Crippen LogP contribution is 2.32. The van der Waals surface area contributed by atoms with E-state index >= 15 is 0 Å². The summed E-state index contributed by atoms with van der Waals surface area (Å²) in [7, 11) is 0. The minimum absolute atomic E-state index is 0.283. The van der Waals surface area contributed by atoms with E-state index < -0.39 is 12.1 Å².